The second-order valence-electron chi connectivity index (χ2n) is 5.34. The molecule has 1 aliphatic heterocycles. The molecular formula is C14H17N3O3S. The molecule has 0 bridgehead atoms. The van der Waals surface area contributed by atoms with Crippen molar-refractivity contribution in [1.29, 1.82) is 0 Å². The molecule has 1 saturated heterocycles. The van der Waals surface area contributed by atoms with E-state index in [0.717, 1.165) is 12.8 Å². The zero-order chi connectivity index (χ0) is 15.0. The van der Waals surface area contributed by atoms with Crippen molar-refractivity contribution in [3.8, 4) is 0 Å². The van der Waals surface area contributed by atoms with Crippen LogP contribution in [0.25, 0.3) is 0 Å². The first-order valence-corrected chi connectivity index (χ1v) is 7.91. The Morgan fingerprint density at radius 3 is 2.67 bits per heavy atom. The zero-order valence-electron chi connectivity index (χ0n) is 11.4. The Kier molecular flexibility index (Phi) is 3.67. The first kappa shape index (κ1) is 14.1. The summed E-state index contributed by atoms with van der Waals surface area (Å²) in [7, 11) is 0. The third kappa shape index (κ3) is 2.78. The molecule has 0 aromatic heterocycles. The predicted molar refractivity (Wildman–Crippen MR) is 82.1 cm³/mol. The van der Waals surface area contributed by atoms with E-state index in [4.69, 9.17) is 5.73 Å². The molecule has 0 radical (unpaired) electrons. The van der Waals surface area contributed by atoms with E-state index in [9.17, 15) is 14.7 Å². The molecule has 1 aromatic carbocycles. The lowest BCUT2D eigenvalue weighted by Gasteiger charge is -2.27. The van der Waals surface area contributed by atoms with E-state index >= 15 is 0 Å². The predicted octanol–water partition coefficient (Wildman–Crippen LogP) is 2.04. The van der Waals surface area contributed by atoms with Crippen LogP contribution >= 0.6 is 11.8 Å². The van der Waals surface area contributed by atoms with Gasteiger partial charge in [0, 0.05) is 5.75 Å². The number of nitrogens with one attached hydrogen (secondary N) is 1. The third-order valence-corrected chi connectivity index (χ3v) is 5.24. The molecule has 1 aromatic rings. The topological polar surface area (TPSA) is 95.7 Å². The summed E-state index contributed by atoms with van der Waals surface area (Å²) in [6.07, 6.45) is 2.11. The molecule has 2 fully saturated rings. The van der Waals surface area contributed by atoms with E-state index in [1.807, 2.05) is 0 Å². The first-order valence-electron chi connectivity index (χ1n) is 6.86. The molecular weight excluding hydrogens is 290 g/mol. The van der Waals surface area contributed by atoms with Gasteiger partial charge in [-0.1, -0.05) is 12.1 Å². The van der Waals surface area contributed by atoms with Gasteiger partial charge in [-0.25, -0.2) is 9.59 Å². The number of nitrogens with two attached hydrogens (primary N) is 1. The van der Waals surface area contributed by atoms with Gasteiger partial charge in [-0.3, -0.25) is 4.90 Å². The fourth-order valence-corrected chi connectivity index (χ4v) is 4.14. The van der Waals surface area contributed by atoms with Gasteiger partial charge in [-0.05, 0) is 30.9 Å². The Labute approximate surface area is 126 Å². The van der Waals surface area contributed by atoms with Crippen molar-refractivity contribution in [1.82, 2.24) is 4.90 Å². The maximum Gasteiger partial charge on any atom is 0.327 e. The Bertz CT molecular complexity index is 576. The Hall–Kier alpha value is -1.89. The summed E-state index contributed by atoms with van der Waals surface area (Å²) in [5, 5.41) is 12.0. The molecule has 112 valence electrons. The highest BCUT2D eigenvalue weighted by atomic mass is 32.2. The van der Waals surface area contributed by atoms with Crippen molar-refractivity contribution in [3.05, 3.63) is 24.3 Å². The summed E-state index contributed by atoms with van der Waals surface area (Å²) in [6, 6.07) is 5.80. The van der Waals surface area contributed by atoms with Crippen LogP contribution in [0.2, 0.25) is 0 Å². The average Bonchev–Trinajstić information content (AvgIpc) is 3.19. The van der Waals surface area contributed by atoms with E-state index < -0.39 is 12.0 Å². The molecule has 0 spiro atoms. The van der Waals surface area contributed by atoms with E-state index in [2.05, 4.69) is 5.32 Å². The quantitative estimate of drug-likeness (QED) is 0.743. The van der Waals surface area contributed by atoms with Crippen LogP contribution in [0.15, 0.2) is 24.3 Å². The number of hydrogen-bond donors (Lipinski definition) is 3. The number of carboxylic acids is 1. The number of anilines is 2. The third-order valence-electron chi connectivity index (χ3n) is 3.78. The SMILES string of the molecule is Nc1ccccc1NC(=O)N1C(C(=O)O)CSC1C1CC1. The smallest absolute Gasteiger partial charge is 0.327 e. The molecule has 4 N–H and O–H groups in total. The van der Waals surface area contributed by atoms with Gasteiger partial charge in [0.1, 0.15) is 6.04 Å². The highest BCUT2D eigenvalue weighted by Gasteiger charge is 2.48. The van der Waals surface area contributed by atoms with Gasteiger partial charge in [0.15, 0.2) is 0 Å². The lowest BCUT2D eigenvalue weighted by atomic mass is 10.2. The van der Waals surface area contributed by atoms with E-state index in [1.54, 1.807) is 36.0 Å². The number of para-hydroxylation sites is 2. The van der Waals surface area contributed by atoms with Gasteiger partial charge in [0.25, 0.3) is 0 Å². The van der Waals surface area contributed by atoms with Crippen molar-refractivity contribution in [2.24, 2.45) is 5.92 Å². The van der Waals surface area contributed by atoms with Gasteiger partial charge in [0.2, 0.25) is 0 Å². The molecule has 7 heteroatoms. The molecule has 1 heterocycles. The van der Waals surface area contributed by atoms with Crippen molar-refractivity contribution < 1.29 is 14.7 Å². The van der Waals surface area contributed by atoms with Crippen LogP contribution in [0.4, 0.5) is 16.2 Å². The summed E-state index contributed by atoms with van der Waals surface area (Å²) < 4.78 is 0. The zero-order valence-corrected chi connectivity index (χ0v) is 12.2. The number of aliphatic carboxylic acids is 1. The Morgan fingerprint density at radius 1 is 1.33 bits per heavy atom. The molecule has 2 aliphatic rings. The molecule has 2 unspecified atom stereocenters. The molecule has 2 atom stereocenters. The largest absolute Gasteiger partial charge is 0.480 e. The lowest BCUT2D eigenvalue weighted by Crippen LogP contribution is -2.48. The fraction of sp³-hybridized carbons (Fsp3) is 0.429. The molecule has 3 rings (SSSR count). The monoisotopic (exact) mass is 307 g/mol. The summed E-state index contributed by atoms with van der Waals surface area (Å²) in [5.41, 5.74) is 6.79. The first-order chi connectivity index (χ1) is 10.1. The second-order valence-corrected chi connectivity index (χ2v) is 6.49. The normalized spacial score (nSPS) is 24.9. The number of nitrogen functional groups attached to an aromatic ring is 1. The number of rotatable bonds is 3. The number of amides is 2. The summed E-state index contributed by atoms with van der Waals surface area (Å²) >= 11 is 1.55. The molecule has 1 aliphatic carbocycles. The summed E-state index contributed by atoms with van der Waals surface area (Å²) in [6.45, 7) is 0. The minimum Gasteiger partial charge on any atom is -0.480 e. The number of nitrogens with zero attached hydrogens (tertiary/aromatic N) is 1. The number of urea groups is 1. The van der Waals surface area contributed by atoms with E-state index in [1.165, 1.54) is 4.90 Å². The molecule has 2 amide bonds. The number of hydrogen-bond acceptors (Lipinski definition) is 4. The molecule has 6 nitrogen and oxygen atoms in total. The van der Waals surface area contributed by atoms with Gasteiger partial charge in [0.05, 0.1) is 16.7 Å². The fourth-order valence-electron chi connectivity index (χ4n) is 2.51. The van der Waals surface area contributed by atoms with Crippen LogP contribution in [0.3, 0.4) is 0 Å². The average molecular weight is 307 g/mol. The number of carbonyl (C=O) groups is 2. The van der Waals surface area contributed by atoms with Crippen LogP contribution in [0.1, 0.15) is 12.8 Å². The van der Waals surface area contributed by atoms with Crippen molar-refractivity contribution in [2.45, 2.75) is 24.3 Å². The maximum absolute atomic E-state index is 12.5. The number of thioether (sulfide) groups is 1. The van der Waals surface area contributed by atoms with Gasteiger partial charge in [-0.2, -0.15) is 0 Å². The number of carboxylic acid groups (broad SMARTS) is 1. The maximum atomic E-state index is 12.5. The number of carbonyl (C=O) groups excluding carboxylic acids is 1. The van der Waals surface area contributed by atoms with Gasteiger partial charge >= 0.3 is 12.0 Å². The van der Waals surface area contributed by atoms with Crippen LogP contribution in [0, 0.1) is 5.92 Å². The van der Waals surface area contributed by atoms with Crippen molar-refractivity contribution in [2.75, 3.05) is 16.8 Å². The van der Waals surface area contributed by atoms with E-state index in [0.29, 0.717) is 23.0 Å². The van der Waals surface area contributed by atoms with Crippen molar-refractivity contribution in [3.63, 3.8) is 0 Å². The highest BCUT2D eigenvalue weighted by Crippen LogP contribution is 2.45. The van der Waals surface area contributed by atoms with Gasteiger partial charge in [-0.15, -0.1) is 11.8 Å². The lowest BCUT2D eigenvalue weighted by molar-refractivity contribution is -0.141. The van der Waals surface area contributed by atoms with Crippen LogP contribution in [0.5, 0.6) is 0 Å². The van der Waals surface area contributed by atoms with Crippen LogP contribution in [-0.4, -0.2) is 39.2 Å². The standard InChI is InChI=1S/C14H17N3O3S/c15-9-3-1-2-4-10(9)16-14(20)17-11(13(18)19)7-21-12(17)8-5-6-8/h1-4,8,11-12H,5-7,15H2,(H,16,20)(H,18,19). The highest BCUT2D eigenvalue weighted by molar-refractivity contribution is 8.00. The minimum absolute atomic E-state index is 0.0453. The molecule has 21 heavy (non-hydrogen) atoms. The second kappa shape index (κ2) is 5.48. The van der Waals surface area contributed by atoms with Crippen LogP contribution in [-0.2, 0) is 4.79 Å². The summed E-state index contributed by atoms with van der Waals surface area (Å²) in [4.78, 5) is 25.3. The Balaban J connectivity index is 1.79. The number of benzene rings is 1. The molecule has 1 saturated carbocycles. The van der Waals surface area contributed by atoms with Crippen LogP contribution < -0.4 is 11.1 Å². The Morgan fingerprint density at radius 2 is 2.05 bits per heavy atom. The van der Waals surface area contributed by atoms with Gasteiger partial charge < -0.3 is 16.2 Å². The summed E-state index contributed by atoms with van der Waals surface area (Å²) in [5.74, 6) is -0.103. The minimum atomic E-state index is -0.957. The van der Waals surface area contributed by atoms with Crippen molar-refractivity contribution >= 4 is 35.1 Å². The van der Waals surface area contributed by atoms with E-state index in [-0.39, 0.29) is 11.4 Å².